The zero-order chi connectivity index (χ0) is 16.7. The molecule has 0 N–H and O–H groups in total. The number of amides is 2. The van der Waals surface area contributed by atoms with Crippen LogP contribution in [0.2, 0.25) is 0 Å². The number of hydrogen-bond acceptors (Lipinski definition) is 5. The first-order chi connectivity index (χ1) is 11.6. The lowest BCUT2D eigenvalue weighted by molar-refractivity contribution is -0.140. The summed E-state index contributed by atoms with van der Waals surface area (Å²) >= 11 is 0. The van der Waals surface area contributed by atoms with Gasteiger partial charge in [-0.3, -0.25) is 9.59 Å². The minimum Gasteiger partial charge on any atom is -0.339 e. The lowest BCUT2D eigenvalue weighted by Gasteiger charge is -2.35. The maximum absolute atomic E-state index is 12.3. The third-order valence-electron chi connectivity index (χ3n) is 5.35. The van der Waals surface area contributed by atoms with E-state index >= 15 is 0 Å². The highest BCUT2D eigenvalue weighted by Crippen LogP contribution is 2.39. The molecule has 2 saturated carbocycles. The molecule has 0 aromatic carbocycles. The maximum Gasteiger partial charge on any atom is 0.227 e. The monoisotopic (exact) mass is 332 g/mol. The summed E-state index contributed by atoms with van der Waals surface area (Å²) in [5, 5.41) is 3.97. The van der Waals surface area contributed by atoms with Crippen molar-refractivity contribution in [1.82, 2.24) is 19.9 Å². The first-order valence-corrected chi connectivity index (χ1v) is 9.01. The maximum atomic E-state index is 12.3. The fourth-order valence-corrected chi connectivity index (χ4v) is 3.33. The van der Waals surface area contributed by atoms with E-state index < -0.39 is 0 Å². The fourth-order valence-electron chi connectivity index (χ4n) is 3.33. The molecule has 1 saturated heterocycles. The molecule has 1 aromatic rings. The first kappa shape index (κ1) is 15.6. The average Bonchev–Trinajstić information content (AvgIpc) is 3.52. The molecule has 2 aliphatic carbocycles. The number of rotatable bonds is 5. The van der Waals surface area contributed by atoms with Gasteiger partial charge in [0.25, 0.3) is 0 Å². The van der Waals surface area contributed by atoms with Gasteiger partial charge in [-0.25, -0.2) is 0 Å². The van der Waals surface area contributed by atoms with Gasteiger partial charge in [0.2, 0.25) is 17.7 Å². The van der Waals surface area contributed by atoms with Gasteiger partial charge in [0.15, 0.2) is 5.82 Å². The Labute approximate surface area is 141 Å². The number of carbonyl (C=O) groups excluding carboxylic acids is 2. The summed E-state index contributed by atoms with van der Waals surface area (Å²) in [6, 6.07) is 0. The predicted molar refractivity (Wildman–Crippen MR) is 85.0 cm³/mol. The van der Waals surface area contributed by atoms with Crippen LogP contribution in [0, 0.1) is 11.8 Å². The average molecular weight is 332 g/mol. The molecule has 130 valence electrons. The molecule has 0 unspecified atom stereocenters. The van der Waals surface area contributed by atoms with Crippen LogP contribution in [0.3, 0.4) is 0 Å². The topological polar surface area (TPSA) is 79.5 Å². The minimum atomic E-state index is 0.105. The molecular formula is C17H24N4O3. The lowest BCUT2D eigenvalue weighted by atomic mass is 10.2. The van der Waals surface area contributed by atoms with Gasteiger partial charge in [-0.15, -0.1) is 0 Å². The van der Waals surface area contributed by atoms with Gasteiger partial charge in [0, 0.05) is 50.9 Å². The molecule has 2 amide bonds. The van der Waals surface area contributed by atoms with Crippen LogP contribution in [0.1, 0.15) is 50.2 Å². The third kappa shape index (κ3) is 3.30. The Morgan fingerprint density at radius 1 is 1.17 bits per heavy atom. The third-order valence-corrected chi connectivity index (χ3v) is 5.35. The molecule has 3 fully saturated rings. The van der Waals surface area contributed by atoms with Crippen molar-refractivity contribution in [3.8, 4) is 0 Å². The van der Waals surface area contributed by atoms with Gasteiger partial charge in [-0.05, 0) is 25.2 Å². The number of nitrogens with zero attached hydrogens (tertiary/aromatic N) is 4. The molecule has 0 bridgehead atoms. The van der Waals surface area contributed by atoms with E-state index in [1.807, 2.05) is 9.80 Å². The highest BCUT2D eigenvalue weighted by atomic mass is 16.5. The number of hydrogen-bond donors (Lipinski definition) is 0. The second-order valence-electron chi connectivity index (χ2n) is 7.35. The molecule has 1 aromatic heterocycles. The Morgan fingerprint density at radius 2 is 1.83 bits per heavy atom. The van der Waals surface area contributed by atoms with Gasteiger partial charge in [-0.2, -0.15) is 4.98 Å². The highest BCUT2D eigenvalue weighted by Gasteiger charge is 2.42. The molecule has 7 heteroatoms. The SMILES string of the molecule is C[C@@H]1C[C@@H]1C(=O)N1CCN(C(=O)CCc2nc(C3CC3)no2)CC1. The Morgan fingerprint density at radius 3 is 2.46 bits per heavy atom. The van der Waals surface area contributed by atoms with Crippen molar-refractivity contribution in [3.63, 3.8) is 0 Å². The Hall–Kier alpha value is -1.92. The number of carbonyl (C=O) groups is 2. The van der Waals surface area contributed by atoms with Crippen molar-refractivity contribution in [3.05, 3.63) is 11.7 Å². The van der Waals surface area contributed by atoms with E-state index in [1.54, 1.807) is 0 Å². The number of piperazine rings is 1. The molecule has 3 aliphatic rings. The lowest BCUT2D eigenvalue weighted by Crippen LogP contribution is -2.51. The molecule has 0 spiro atoms. The van der Waals surface area contributed by atoms with E-state index in [1.165, 1.54) is 0 Å². The smallest absolute Gasteiger partial charge is 0.227 e. The second kappa shape index (κ2) is 6.18. The minimum absolute atomic E-state index is 0.105. The molecule has 2 atom stereocenters. The van der Waals surface area contributed by atoms with E-state index in [4.69, 9.17) is 4.52 Å². The van der Waals surface area contributed by atoms with Crippen LogP contribution in [0.25, 0.3) is 0 Å². The van der Waals surface area contributed by atoms with Crippen LogP contribution in [0.5, 0.6) is 0 Å². The Bertz CT molecular complexity index is 632. The molecule has 0 radical (unpaired) electrons. The van der Waals surface area contributed by atoms with Crippen LogP contribution >= 0.6 is 0 Å². The van der Waals surface area contributed by atoms with Crippen molar-refractivity contribution in [2.45, 2.75) is 44.9 Å². The number of aromatic nitrogens is 2. The molecular weight excluding hydrogens is 308 g/mol. The highest BCUT2D eigenvalue weighted by molar-refractivity contribution is 5.82. The van der Waals surface area contributed by atoms with E-state index in [2.05, 4.69) is 17.1 Å². The standard InChI is InChI=1S/C17H24N4O3/c1-11-10-13(11)17(23)21-8-6-20(7-9-21)15(22)5-4-14-18-16(19-24-14)12-2-3-12/h11-13H,2-10H2,1H3/t11-,13+/m1/s1. The van der Waals surface area contributed by atoms with E-state index in [9.17, 15) is 9.59 Å². The van der Waals surface area contributed by atoms with E-state index in [0.717, 1.165) is 25.1 Å². The van der Waals surface area contributed by atoms with Crippen molar-refractivity contribution in [2.75, 3.05) is 26.2 Å². The van der Waals surface area contributed by atoms with Gasteiger partial charge < -0.3 is 14.3 Å². The first-order valence-electron chi connectivity index (χ1n) is 9.01. The van der Waals surface area contributed by atoms with E-state index in [0.29, 0.717) is 56.7 Å². The summed E-state index contributed by atoms with van der Waals surface area (Å²) in [5.74, 6) is 2.96. The summed E-state index contributed by atoms with van der Waals surface area (Å²) < 4.78 is 5.21. The van der Waals surface area contributed by atoms with Crippen LogP contribution in [-0.2, 0) is 16.0 Å². The quantitative estimate of drug-likeness (QED) is 0.809. The molecule has 4 rings (SSSR count). The fraction of sp³-hybridized carbons (Fsp3) is 0.765. The number of aryl methyl sites for hydroxylation is 1. The Kier molecular flexibility index (Phi) is 4.02. The summed E-state index contributed by atoms with van der Waals surface area (Å²) in [7, 11) is 0. The second-order valence-corrected chi connectivity index (χ2v) is 7.35. The van der Waals surface area contributed by atoms with Crippen LogP contribution in [0.15, 0.2) is 4.52 Å². The van der Waals surface area contributed by atoms with Gasteiger partial charge >= 0.3 is 0 Å². The van der Waals surface area contributed by atoms with E-state index in [-0.39, 0.29) is 17.7 Å². The molecule has 1 aliphatic heterocycles. The van der Waals surface area contributed by atoms with Crippen molar-refractivity contribution >= 4 is 11.8 Å². The van der Waals surface area contributed by atoms with Crippen LogP contribution in [0.4, 0.5) is 0 Å². The largest absolute Gasteiger partial charge is 0.339 e. The Balaban J connectivity index is 1.21. The zero-order valence-electron chi connectivity index (χ0n) is 14.1. The van der Waals surface area contributed by atoms with Crippen molar-refractivity contribution in [1.29, 1.82) is 0 Å². The molecule has 24 heavy (non-hydrogen) atoms. The normalized spacial score (nSPS) is 26.5. The zero-order valence-corrected chi connectivity index (χ0v) is 14.1. The summed E-state index contributed by atoms with van der Waals surface area (Å²) in [5.41, 5.74) is 0. The van der Waals surface area contributed by atoms with Crippen molar-refractivity contribution < 1.29 is 14.1 Å². The van der Waals surface area contributed by atoms with Crippen LogP contribution in [-0.4, -0.2) is 57.9 Å². The summed E-state index contributed by atoms with van der Waals surface area (Å²) in [6.45, 7) is 4.68. The van der Waals surface area contributed by atoms with Crippen LogP contribution < -0.4 is 0 Å². The van der Waals surface area contributed by atoms with Gasteiger partial charge in [-0.1, -0.05) is 12.1 Å². The van der Waals surface area contributed by atoms with Crippen molar-refractivity contribution in [2.24, 2.45) is 11.8 Å². The predicted octanol–water partition coefficient (Wildman–Crippen LogP) is 1.21. The summed E-state index contributed by atoms with van der Waals surface area (Å²) in [4.78, 5) is 32.7. The molecule has 7 nitrogen and oxygen atoms in total. The van der Waals surface area contributed by atoms with Gasteiger partial charge in [0.05, 0.1) is 0 Å². The summed E-state index contributed by atoms with van der Waals surface area (Å²) in [6.07, 6.45) is 4.18. The molecule has 2 heterocycles. The van der Waals surface area contributed by atoms with Gasteiger partial charge in [0.1, 0.15) is 0 Å².